The fourth-order valence-electron chi connectivity index (χ4n) is 2.05. The molecule has 0 radical (unpaired) electrons. The van der Waals surface area contributed by atoms with Crippen molar-refractivity contribution in [1.82, 2.24) is 0 Å². The standard InChI is InChI=1S/C18H36O3/c1-9-10-14-20-21-15(19)18(7,8)17(5,6)13-11-12-16(2,3)4/h9-14H2,1-8H3. The second-order valence-corrected chi connectivity index (χ2v) is 8.47. The largest absolute Gasteiger partial charge is 0.348 e. The van der Waals surface area contributed by atoms with Crippen molar-refractivity contribution in [1.29, 1.82) is 0 Å². The van der Waals surface area contributed by atoms with Gasteiger partial charge in [-0.1, -0.05) is 54.4 Å². The highest BCUT2D eigenvalue weighted by Gasteiger charge is 2.44. The summed E-state index contributed by atoms with van der Waals surface area (Å²) in [6.07, 6.45) is 5.21. The molecule has 0 aromatic rings. The highest BCUT2D eigenvalue weighted by molar-refractivity contribution is 5.76. The Labute approximate surface area is 131 Å². The van der Waals surface area contributed by atoms with E-state index in [-0.39, 0.29) is 11.4 Å². The Balaban J connectivity index is 4.45. The fraction of sp³-hybridized carbons (Fsp3) is 0.944. The van der Waals surface area contributed by atoms with Crippen LogP contribution in [0.15, 0.2) is 0 Å². The highest BCUT2D eigenvalue weighted by Crippen LogP contribution is 2.44. The van der Waals surface area contributed by atoms with E-state index in [1.165, 1.54) is 0 Å². The quantitative estimate of drug-likeness (QED) is 0.319. The molecule has 0 aliphatic heterocycles. The van der Waals surface area contributed by atoms with Crippen LogP contribution in [0, 0.1) is 16.2 Å². The van der Waals surface area contributed by atoms with Crippen molar-refractivity contribution in [3.63, 3.8) is 0 Å². The lowest BCUT2D eigenvalue weighted by Crippen LogP contribution is -2.41. The summed E-state index contributed by atoms with van der Waals surface area (Å²) in [7, 11) is 0. The molecule has 0 bridgehead atoms. The molecule has 0 rings (SSSR count). The van der Waals surface area contributed by atoms with Gasteiger partial charge in [0.05, 0.1) is 12.0 Å². The molecule has 0 amide bonds. The number of hydrogen-bond donors (Lipinski definition) is 0. The molecule has 0 saturated heterocycles. The van der Waals surface area contributed by atoms with Gasteiger partial charge in [0.1, 0.15) is 0 Å². The van der Waals surface area contributed by atoms with Crippen molar-refractivity contribution < 1.29 is 14.6 Å². The normalized spacial score (nSPS) is 13.3. The van der Waals surface area contributed by atoms with Crippen LogP contribution in [0.5, 0.6) is 0 Å². The molecule has 3 heteroatoms. The van der Waals surface area contributed by atoms with Crippen LogP contribution >= 0.6 is 0 Å². The maximum absolute atomic E-state index is 12.3. The van der Waals surface area contributed by atoms with Crippen LogP contribution in [-0.2, 0) is 14.6 Å². The molecule has 3 nitrogen and oxygen atoms in total. The summed E-state index contributed by atoms with van der Waals surface area (Å²) in [5.41, 5.74) is -0.343. The van der Waals surface area contributed by atoms with Crippen LogP contribution in [0.4, 0.5) is 0 Å². The average molecular weight is 300 g/mol. The zero-order chi connectivity index (χ0) is 16.7. The summed E-state index contributed by atoms with van der Waals surface area (Å²) in [6.45, 7) is 17.5. The lowest BCUT2D eigenvalue weighted by atomic mass is 9.65. The smallest absolute Gasteiger partial charge is 0.298 e. The van der Waals surface area contributed by atoms with E-state index in [9.17, 15) is 4.79 Å². The molecule has 0 aliphatic carbocycles. The lowest BCUT2D eigenvalue weighted by molar-refractivity contribution is -0.284. The minimum Gasteiger partial charge on any atom is -0.298 e. The SMILES string of the molecule is CCCCOOC(=O)C(C)(C)C(C)(C)CCCC(C)(C)C. The maximum Gasteiger partial charge on any atom is 0.348 e. The number of hydrogen-bond acceptors (Lipinski definition) is 3. The second kappa shape index (κ2) is 8.17. The average Bonchev–Trinajstić information content (AvgIpc) is 2.32. The van der Waals surface area contributed by atoms with E-state index >= 15 is 0 Å². The van der Waals surface area contributed by atoms with Gasteiger partial charge in [0.25, 0.3) is 0 Å². The summed E-state index contributed by atoms with van der Waals surface area (Å²) in [4.78, 5) is 22.3. The molecule has 0 atom stereocenters. The van der Waals surface area contributed by atoms with Gasteiger partial charge in [0, 0.05) is 0 Å². The molecule has 0 unspecified atom stereocenters. The van der Waals surface area contributed by atoms with E-state index in [1.807, 2.05) is 13.8 Å². The first-order valence-electron chi connectivity index (χ1n) is 8.28. The van der Waals surface area contributed by atoms with Crippen LogP contribution in [0.3, 0.4) is 0 Å². The Morgan fingerprint density at radius 3 is 1.95 bits per heavy atom. The Bertz CT molecular complexity index is 311. The van der Waals surface area contributed by atoms with Crippen LogP contribution in [0.2, 0.25) is 0 Å². The maximum atomic E-state index is 12.3. The highest BCUT2D eigenvalue weighted by atomic mass is 17.2. The van der Waals surface area contributed by atoms with E-state index in [2.05, 4.69) is 41.5 Å². The Morgan fingerprint density at radius 2 is 1.48 bits per heavy atom. The molecule has 0 spiro atoms. The van der Waals surface area contributed by atoms with Crippen LogP contribution < -0.4 is 0 Å². The van der Waals surface area contributed by atoms with Crippen molar-refractivity contribution in [2.24, 2.45) is 16.2 Å². The summed E-state index contributed by atoms with van der Waals surface area (Å²) in [5, 5.41) is 0. The fourth-order valence-corrected chi connectivity index (χ4v) is 2.05. The first kappa shape index (κ1) is 20.4. The van der Waals surface area contributed by atoms with Gasteiger partial charge in [-0.15, -0.1) is 0 Å². The van der Waals surface area contributed by atoms with E-state index in [0.717, 1.165) is 32.1 Å². The minimum absolute atomic E-state index is 0.122. The Morgan fingerprint density at radius 1 is 0.905 bits per heavy atom. The zero-order valence-corrected chi connectivity index (χ0v) is 15.5. The predicted molar refractivity (Wildman–Crippen MR) is 87.8 cm³/mol. The first-order chi connectivity index (χ1) is 9.44. The van der Waals surface area contributed by atoms with Gasteiger partial charge in [-0.3, -0.25) is 4.89 Å². The summed E-state index contributed by atoms with van der Waals surface area (Å²) >= 11 is 0. The van der Waals surface area contributed by atoms with Gasteiger partial charge in [0.15, 0.2) is 0 Å². The molecule has 0 aliphatic rings. The second-order valence-electron chi connectivity index (χ2n) is 8.47. The van der Waals surface area contributed by atoms with E-state index in [1.54, 1.807) is 0 Å². The van der Waals surface area contributed by atoms with Crippen molar-refractivity contribution in [3.05, 3.63) is 0 Å². The van der Waals surface area contributed by atoms with Crippen molar-refractivity contribution in [2.75, 3.05) is 6.61 Å². The van der Waals surface area contributed by atoms with Crippen molar-refractivity contribution >= 4 is 5.97 Å². The third-order valence-electron chi connectivity index (χ3n) is 4.65. The van der Waals surface area contributed by atoms with E-state index < -0.39 is 5.41 Å². The number of unbranched alkanes of at least 4 members (excludes halogenated alkanes) is 1. The topological polar surface area (TPSA) is 35.5 Å². The molecule has 0 fully saturated rings. The molecular formula is C18H36O3. The monoisotopic (exact) mass is 300 g/mol. The molecule has 0 heterocycles. The number of carbonyl (C=O) groups is 1. The van der Waals surface area contributed by atoms with Crippen LogP contribution in [-0.4, -0.2) is 12.6 Å². The van der Waals surface area contributed by atoms with E-state index in [0.29, 0.717) is 12.0 Å². The van der Waals surface area contributed by atoms with Crippen LogP contribution in [0.25, 0.3) is 0 Å². The van der Waals surface area contributed by atoms with Crippen LogP contribution in [0.1, 0.15) is 87.5 Å². The number of rotatable bonds is 9. The van der Waals surface area contributed by atoms with Gasteiger partial charge in [-0.05, 0) is 43.9 Å². The van der Waals surface area contributed by atoms with Crippen molar-refractivity contribution in [2.45, 2.75) is 87.5 Å². The molecule has 0 saturated carbocycles. The van der Waals surface area contributed by atoms with Gasteiger partial charge < -0.3 is 0 Å². The summed E-state index contributed by atoms with van der Waals surface area (Å²) in [6, 6.07) is 0. The third-order valence-corrected chi connectivity index (χ3v) is 4.65. The van der Waals surface area contributed by atoms with Crippen molar-refractivity contribution in [3.8, 4) is 0 Å². The Kier molecular flexibility index (Phi) is 7.94. The van der Waals surface area contributed by atoms with Gasteiger partial charge in [0.2, 0.25) is 0 Å². The van der Waals surface area contributed by atoms with Gasteiger partial charge in [-0.2, -0.15) is 4.89 Å². The lowest BCUT2D eigenvalue weighted by Gasteiger charge is -2.39. The molecule has 21 heavy (non-hydrogen) atoms. The predicted octanol–water partition coefficient (Wildman–Crippen LogP) is 5.53. The molecular weight excluding hydrogens is 264 g/mol. The third kappa shape index (κ3) is 7.30. The first-order valence-corrected chi connectivity index (χ1v) is 8.28. The molecule has 126 valence electrons. The molecule has 0 aromatic heterocycles. The number of carbonyl (C=O) groups excluding carboxylic acids is 1. The van der Waals surface area contributed by atoms with Gasteiger partial charge >= 0.3 is 5.97 Å². The van der Waals surface area contributed by atoms with Gasteiger partial charge in [-0.25, -0.2) is 4.79 Å². The summed E-state index contributed by atoms with van der Waals surface area (Å²) in [5.74, 6) is -0.264. The van der Waals surface area contributed by atoms with E-state index in [4.69, 9.17) is 9.78 Å². The Hall–Kier alpha value is -0.570. The molecule has 0 N–H and O–H groups in total. The molecule has 0 aromatic carbocycles. The zero-order valence-electron chi connectivity index (χ0n) is 15.5. The summed E-state index contributed by atoms with van der Waals surface area (Å²) < 4.78 is 0. The minimum atomic E-state index is -0.558.